The first-order valence-electron chi connectivity index (χ1n) is 8.73. The Bertz CT molecular complexity index is 186. The Morgan fingerprint density at radius 3 is 1.68 bits per heavy atom. The van der Waals surface area contributed by atoms with Gasteiger partial charge in [-0.05, 0) is 19.3 Å². The van der Waals surface area contributed by atoms with Gasteiger partial charge in [0, 0.05) is 6.04 Å². The molecule has 2 N–H and O–H groups in total. The van der Waals surface area contributed by atoms with Crippen molar-refractivity contribution in [3.63, 3.8) is 0 Å². The maximum absolute atomic E-state index is 5.83. The number of nitrogens with two attached hydrogens (primary N) is 1. The molecule has 0 aromatic heterocycles. The van der Waals surface area contributed by atoms with E-state index >= 15 is 0 Å². The summed E-state index contributed by atoms with van der Waals surface area (Å²) in [5.74, 6) is 0. The van der Waals surface area contributed by atoms with Gasteiger partial charge in [-0.25, -0.2) is 0 Å². The van der Waals surface area contributed by atoms with E-state index in [1.807, 2.05) is 0 Å². The van der Waals surface area contributed by atoms with Crippen LogP contribution in [0.15, 0.2) is 12.2 Å². The zero-order chi connectivity index (χ0) is 14.2. The molecule has 0 aromatic rings. The first-order chi connectivity index (χ1) is 9.31. The second kappa shape index (κ2) is 15.8. The number of hydrogen-bond acceptors (Lipinski definition) is 1. The lowest BCUT2D eigenvalue weighted by atomic mass is 10.1. The van der Waals surface area contributed by atoms with E-state index in [0.29, 0.717) is 0 Å². The molecular formula is C18H37N. The van der Waals surface area contributed by atoms with Gasteiger partial charge in [0.1, 0.15) is 0 Å². The predicted octanol–water partition coefficient (Wildman–Crippen LogP) is 5.98. The molecular weight excluding hydrogens is 230 g/mol. The van der Waals surface area contributed by atoms with Gasteiger partial charge in [0.15, 0.2) is 0 Å². The van der Waals surface area contributed by atoms with E-state index in [0.717, 1.165) is 6.42 Å². The molecule has 0 amide bonds. The van der Waals surface area contributed by atoms with Gasteiger partial charge in [-0.3, -0.25) is 0 Å². The molecule has 114 valence electrons. The second-order valence-electron chi connectivity index (χ2n) is 5.82. The van der Waals surface area contributed by atoms with Gasteiger partial charge in [0.05, 0.1) is 0 Å². The zero-order valence-corrected chi connectivity index (χ0v) is 13.5. The van der Waals surface area contributed by atoms with Crippen LogP contribution in [0.25, 0.3) is 0 Å². The summed E-state index contributed by atoms with van der Waals surface area (Å²) in [4.78, 5) is 0. The van der Waals surface area contributed by atoms with E-state index in [-0.39, 0.29) is 6.04 Å². The van der Waals surface area contributed by atoms with Crippen molar-refractivity contribution >= 4 is 0 Å². The number of unbranched alkanes of at least 4 members (excludes halogenated alkanes) is 11. The van der Waals surface area contributed by atoms with Crippen LogP contribution < -0.4 is 5.73 Å². The molecule has 1 heteroatoms. The highest BCUT2D eigenvalue weighted by Crippen LogP contribution is 2.12. The van der Waals surface area contributed by atoms with E-state index < -0.39 is 0 Å². The maximum Gasteiger partial charge on any atom is 0.0221 e. The van der Waals surface area contributed by atoms with Crippen molar-refractivity contribution in [2.24, 2.45) is 5.73 Å². The fourth-order valence-corrected chi connectivity index (χ4v) is 2.33. The van der Waals surface area contributed by atoms with Gasteiger partial charge < -0.3 is 5.73 Å². The predicted molar refractivity (Wildman–Crippen MR) is 88.5 cm³/mol. The highest BCUT2D eigenvalue weighted by Gasteiger charge is 1.93. The number of rotatable bonds is 14. The molecule has 0 aliphatic carbocycles. The quantitative estimate of drug-likeness (QED) is 0.304. The van der Waals surface area contributed by atoms with Crippen LogP contribution in [0.2, 0.25) is 0 Å². The van der Waals surface area contributed by atoms with Crippen molar-refractivity contribution in [2.75, 3.05) is 0 Å². The van der Waals surface area contributed by atoms with Gasteiger partial charge >= 0.3 is 0 Å². The van der Waals surface area contributed by atoms with Gasteiger partial charge in [-0.15, -0.1) is 0 Å². The minimum absolute atomic E-state index is 0.271. The topological polar surface area (TPSA) is 26.0 Å². The van der Waals surface area contributed by atoms with Crippen LogP contribution in [-0.4, -0.2) is 6.04 Å². The Labute approximate surface area is 122 Å². The molecule has 0 saturated heterocycles. The monoisotopic (exact) mass is 267 g/mol. The minimum atomic E-state index is 0.271. The summed E-state index contributed by atoms with van der Waals surface area (Å²) in [6.07, 6.45) is 22.3. The van der Waals surface area contributed by atoms with Gasteiger partial charge in [-0.1, -0.05) is 90.2 Å². The SMILES string of the molecule is CCCCCCCCCCCCC/C=C/[C@@H](N)CC. The molecule has 0 rings (SSSR count). The van der Waals surface area contributed by atoms with E-state index in [4.69, 9.17) is 5.73 Å². The molecule has 0 saturated carbocycles. The Hall–Kier alpha value is -0.300. The first-order valence-corrected chi connectivity index (χ1v) is 8.73. The number of hydrogen-bond donors (Lipinski definition) is 1. The molecule has 0 aromatic carbocycles. The largest absolute Gasteiger partial charge is 0.324 e. The molecule has 1 nitrogen and oxygen atoms in total. The van der Waals surface area contributed by atoms with Crippen LogP contribution in [0.4, 0.5) is 0 Å². The number of allylic oxidation sites excluding steroid dienone is 1. The summed E-state index contributed by atoms with van der Waals surface area (Å²) in [5, 5.41) is 0. The molecule has 0 radical (unpaired) electrons. The van der Waals surface area contributed by atoms with Crippen LogP contribution in [0, 0.1) is 0 Å². The molecule has 0 heterocycles. The van der Waals surface area contributed by atoms with Crippen LogP contribution in [0.3, 0.4) is 0 Å². The normalized spacial score (nSPS) is 13.2. The Morgan fingerprint density at radius 1 is 0.737 bits per heavy atom. The average Bonchev–Trinajstić information content (AvgIpc) is 2.43. The summed E-state index contributed by atoms with van der Waals surface area (Å²) >= 11 is 0. The fourth-order valence-electron chi connectivity index (χ4n) is 2.33. The van der Waals surface area contributed by atoms with E-state index in [1.165, 1.54) is 77.0 Å². The summed E-state index contributed by atoms with van der Waals surface area (Å²) in [6.45, 7) is 4.42. The van der Waals surface area contributed by atoms with Crippen LogP contribution in [-0.2, 0) is 0 Å². The van der Waals surface area contributed by atoms with Gasteiger partial charge in [-0.2, -0.15) is 0 Å². The smallest absolute Gasteiger partial charge is 0.0221 e. The molecule has 0 spiro atoms. The highest BCUT2D eigenvalue weighted by atomic mass is 14.6. The standard InChI is InChI=1S/C18H37N/c1-3-5-6-7-8-9-10-11-12-13-14-15-16-17-18(19)4-2/h16-18H,3-15,19H2,1-2H3/b17-16+/t18-/m0/s1. The lowest BCUT2D eigenvalue weighted by Gasteiger charge is -2.02. The third-order valence-corrected chi connectivity index (χ3v) is 3.83. The van der Waals surface area contributed by atoms with Crippen LogP contribution >= 0.6 is 0 Å². The van der Waals surface area contributed by atoms with E-state index in [1.54, 1.807) is 0 Å². The summed E-state index contributed by atoms with van der Waals surface area (Å²) < 4.78 is 0. The molecule has 0 unspecified atom stereocenters. The summed E-state index contributed by atoms with van der Waals surface area (Å²) in [6, 6.07) is 0.271. The molecule has 0 bridgehead atoms. The van der Waals surface area contributed by atoms with Crippen molar-refractivity contribution in [1.29, 1.82) is 0 Å². The Balaban J connectivity index is 3.05. The minimum Gasteiger partial charge on any atom is -0.324 e. The van der Waals surface area contributed by atoms with Crippen LogP contribution in [0.1, 0.15) is 97.3 Å². The summed E-state index contributed by atoms with van der Waals surface area (Å²) in [7, 11) is 0. The van der Waals surface area contributed by atoms with Gasteiger partial charge in [0.2, 0.25) is 0 Å². The van der Waals surface area contributed by atoms with Crippen molar-refractivity contribution in [2.45, 2.75) is 103 Å². The van der Waals surface area contributed by atoms with E-state index in [2.05, 4.69) is 26.0 Å². The zero-order valence-electron chi connectivity index (χ0n) is 13.5. The van der Waals surface area contributed by atoms with Gasteiger partial charge in [0.25, 0.3) is 0 Å². The third-order valence-electron chi connectivity index (χ3n) is 3.83. The van der Waals surface area contributed by atoms with Crippen molar-refractivity contribution in [1.82, 2.24) is 0 Å². The van der Waals surface area contributed by atoms with Crippen molar-refractivity contribution < 1.29 is 0 Å². The van der Waals surface area contributed by atoms with Crippen molar-refractivity contribution in [3.8, 4) is 0 Å². The average molecular weight is 268 g/mol. The van der Waals surface area contributed by atoms with Crippen molar-refractivity contribution in [3.05, 3.63) is 12.2 Å². The Morgan fingerprint density at radius 2 is 1.21 bits per heavy atom. The van der Waals surface area contributed by atoms with E-state index in [9.17, 15) is 0 Å². The highest BCUT2D eigenvalue weighted by molar-refractivity contribution is 4.90. The lowest BCUT2D eigenvalue weighted by molar-refractivity contribution is 0.550. The molecule has 0 fully saturated rings. The summed E-state index contributed by atoms with van der Waals surface area (Å²) in [5.41, 5.74) is 5.83. The maximum atomic E-state index is 5.83. The third kappa shape index (κ3) is 15.6. The molecule has 0 aliphatic rings. The fraction of sp³-hybridized carbons (Fsp3) is 0.889. The first kappa shape index (κ1) is 18.7. The van der Waals surface area contributed by atoms with Crippen LogP contribution in [0.5, 0.6) is 0 Å². The second-order valence-corrected chi connectivity index (χ2v) is 5.82. The molecule has 19 heavy (non-hydrogen) atoms. The molecule has 1 atom stereocenters. The lowest BCUT2D eigenvalue weighted by Crippen LogP contribution is -2.14. The Kier molecular flexibility index (Phi) is 15.5. The molecule has 0 aliphatic heterocycles.